The van der Waals surface area contributed by atoms with Crippen molar-refractivity contribution in [3.05, 3.63) is 59.7 Å². The van der Waals surface area contributed by atoms with Gasteiger partial charge in [-0.05, 0) is 42.0 Å². The molecule has 1 heterocycles. The molecule has 1 aliphatic rings. The summed E-state index contributed by atoms with van der Waals surface area (Å²) in [7, 11) is 1.68. The number of hydrogen-bond donors (Lipinski definition) is 1. The van der Waals surface area contributed by atoms with Gasteiger partial charge in [0.05, 0.1) is 12.7 Å². The minimum Gasteiger partial charge on any atom is -0.497 e. The van der Waals surface area contributed by atoms with Gasteiger partial charge in [-0.1, -0.05) is 12.1 Å². The fourth-order valence-corrected chi connectivity index (χ4v) is 2.97. The molecule has 1 N–H and O–H groups in total. The Labute approximate surface area is 142 Å². The second-order valence-corrected chi connectivity index (χ2v) is 5.96. The molecule has 2 aromatic carbocycles. The lowest BCUT2D eigenvalue weighted by molar-refractivity contribution is 0.0697. The molecule has 5 heteroatoms. The summed E-state index contributed by atoms with van der Waals surface area (Å²) in [6, 6.07) is 15.3. The molecule has 0 spiro atoms. The van der Waals surface area contributed by atoms with Crippen LogP contribution >= 0.6 is 0 Å². The molecule has 1 saturated heterocycles. The lowest BCUT2D eigenvalue weighted by Gasteiger charge is -2.36. The predicted octanol–water partition coefficient (Wildman–Crippen LogP) is 2.72. The van der Waals surface area contributed by atoms with Crippen molar-refractivity contribution in [1.82, 2.24) is 4.90 Å². The molecular weight excluding hydrogens is 304 g/mol. The van der Waals surface area contributed by atoms with E-state index >= 15 is 0 Å². The van der Waals surface area contributed by atoms with Crippen LogP contribution in [0.2, 0.25) is 0 Å². The molecule has 0 bridgehead atoms. The first-order chi connectivity index (χ1) is 11.7. The Kier molecular flexibility index (Phi) is 5.01. The van der Waals surface area contributed by atoms with Crippen LogP contribution in [-0.4, -0.2) is 49.3 Å². The Balaban J connectivity index is 1.54. The predicted molar refractivity (Wildman–Crippen MR) is 93.9 cm³/mol. The topological polar surface area (TPSA) is 53.0 Å². The molecular formula is C19H22N2O3. The Morgan fingerprint density at radius 3 is 2.17 bits per heavy atom. The van der Waals surface area contributed by atoms with Crippen molar-refractivity contribution in [2.75, 3.05) is 38.2 Å². The van der Waals surface area contributed by atoms with E-state index in [1.54, 1.807) is 19.2 Å². The summed E-state index contributed by atoms with van der Waals surface area (Å²) in [6.45, 7) is 4.82. The van der Waals surface area contributed by atoms with Crippen molar-refractivity contribution in [2.24, 2.45) is 0 Å². The largest absolute Gasteiger partial charge is 0.497 e. The average Bonchev–Trinajstić information content (AvgIpc) is 2.63. The molecule has 126 valence electrons. The monoisotopic (exact) mass is 326 g/mol. The first kappa shape index (κ1) is 16.3. The molecule has 3 rings (SSSR count). The quantitative estimate of drug-likeness (QED) is 0.915. The van der Waals surface area contributed by atoms with Crippen molar-refractivity contribution in [3.8, 4) is 5.75 Å². The Morgan fingerprint density at radius 2 is 1.62 bits per heavy atom. The Morgan fingerprint density at radius 1 is 1.00 bits per heavy atom. The number of nitrogens with zero attached hydrogens (tertiary/aromatic N) is 2. The van der Waals surface area contributed by atoms with Crippen LogP contribution in [0.4, 0.5) is 5.69 Å². The molecule has 2 aromatic rings. The van der Waals surface area contributed by atoms with E-state index in [9.17, 15) is 4.79 Å². The van der Waals surface area contributed by atoms with Gasteiger partial charge in [-0.15, -0.1) is 0 Å². The smallest absolute Gasteiger partial charge is 0.335 e. The zero-order valence-electron chi connectivity index (χ0n) is 13.8. The molecule has 0 aromatic heterocycles. The van der Waals surface area contributed by atoms with Gasteiger partial charge in [0.25, 0.3) is 0 Å². The third-order valence-corrected chi connectivity index (χ3v) is 4.42. The van der Waals surface area contributed by atoms with Crippen LogP contribution in [0.15, 0.2) is 48.5 Å². The van der Waals surface area contributed by atoms with Crippen molar-refractivity contribution < 1.29 is 14.6 Å². The molecule has 5 nitrogen and oxygen atoms in total. The van der Waals surface area contributed by atoms with E-state index in [1.165, 1.54) is 5.56 Å². The van der Waals surface area contributed by atoms with Crippen LogP contribution in [-0.2, 0) is 6.54 Å². The van der Waals surface area contributed by atoms with Crippen LogP contribution in [0.5, 0.6) is 5.75 Å². The van der Waals surface area contributed by atoms with Gasteiger partial charge < -0.3 is 14.7 Å². The van der Waals surface area contributed by atoms with E-state index in [0.717, 1.165) is 44.2 Å². The van der Waals surface area contributed by atoms with Gasteiger partial charge in [0.2, 0.25) is 0 Å². The summed E-state index contributed by atoms with van der Waals surface area (Å²) in [5.74, 6) is -0.000706. The lowest BCUT2D eigenvalue weighted by Crippen LogP contribution is -2.45. The Hall–Kier alpha value is -2.53. The summed E-state index contributed by atoms with van der Waals surface area (Å²) in [5.41, 5.74) is 2.70. The zero-order chi connectivity index (χ0) is 16.9. The summed E-state index contributed by atoms with van der Waals surface area (Å²) < 4.78 is 5.19. The van der Waals surface area contributed by atoms with Crippen molar-refractivity contribution in [1.29, 1.82) is 0 Å². The van der Waals surface area contributed by atoms with E-state index in [-0.39, 0.29) is 0 Å². The first-order valence-corrected chi connectivity index (χ1v) is 8.09. The van der Waals surface area contributed by atoms with Gasteiger partial charge in [-0.3, -0.25) is 4.90 Å². The fourth-order valence-electron chi connectivity index (χ4n) is 2.97. The maximum Gasteiger partial charge on any atom is 0.335 e. The highest BCUT2D eigenvalue weighted by atomic mass is 16.5. The van der Waals surface area contributed by atoms with Crippen LogP contribution in [0.1, 0.15) is 15.9 Å². The summed E-state index contributed by atoms with van der Waals surface area (Å²) in [4.78, 5) is 15.7. The highest BCUT2D eigenvalue weighted by molar-refractivity contribution is 5.88. The average molecular weight is 326 g/mol. The minimum absolute atomic E-state index is 0.330. The fraction of sp³-hybridized carbons (Fsp3) is 0.316. The second-order valence-electron chi connectivity index (χ2n) is 5.96. The van der Waals surface area contributed by atoms with Gasteiger partial charge in [-0.2, -0.15) is 0 Å². The van der Waals surface area contributed by atoms with Crippen LogP contribution in [0.25, 0.3) is 0 Å². The standard InChI is InChI=1S/C19H22N2O3/c1-24-18-8-2-15(3-9-18)14-20-10-12-21(13-11-20)17-6-4-16(5-7-17)19(22)23/h2-9H,10-14H2,1H3,(H,22,23). The minimum atomic E-state index is -0.883. The number of aromatic carboxylic acids is 1. The number of piperazine rings is 1. The highest BCUT2D eigenvalue weighted by Crippen LogP contribution is 2.19. The van der Waals surface area contributed by atoms with Crippen LogP contribution in [0, 0.1) is 0 Å². The molecule has 1 fully saturated rings. The maximum absolute atomic E-state index is 10.9. The van der Waals surface area contributed by atoms with Gasteiger partial charge in [-0.25, -0.2) is 4.79 Å². The number of ether oxygens (including phenoxy) is 1. The van der Waals surface area contributed by atoms with E-state index in [4.69, 9.17) is 9.84 Å². The van der Waals surface area contributed by atoms with E-state index in [1.807, 2.05) is 24.3 Å². The van der Waals surface area contributed by atoms with E-state index in [2.05, 4.69) is 21.9 Å². The Bertz CT molecular complexity index is 675. The SMILES string of the molecule is COc1ccc(CN2CCN(c3ccc(C(=O)O)cc3)CC2)cc1. The zero-order valence-corrected chi connectivity index (χ0v) is 13.8. The molecule has 24 heavy (non-hydrogen) atoms. The number of carboxylic acid groups (broad SMARTS) is 1. The number of rotatable bonds is 5. The van der Waals surface area contributed by atoms with E-state index in [0.29, 0.717) is 5.56 Å². The van der Waals surface area contributed by atoms with Gasteiger partial charge >= 0.3 is 5.97 Å². The maximum atomic E-state index is 10.9. The number of hydrogen-bond acceptors (Lipinski definition) is 4. The van der Waals surface area contributed by atoms with Gasteiger partial charge in [0, 0.05) is 38.4 Å². The van der Waals surface area contributed by atoms with Crippen molar-refractivity contribution in [2.45, 2.75) is 6.54 Å². The number of carbonyl (C=O) groups is 1. The molecule has 0 atom stereocenters. The summed E-state index contributed by atoms with van der Waals surface area (Å²) in [5, 5.41) is 8.97. The van der Waals surface area contributed by atoms with Crippen LogP contribution in [0.3, 0.4) is 0 Å². The molecule has 0 amide bonds. The van der Waals surface area contributed by atoms with Crippen molar-refractivity contribution in [3.63, 3.8) is 0 Å². The van der Waals surface area contributed by atoms with Gasteiger partial charge in [0.1, 0.15) is 5.75 Å². The highest BCUT2D eigenvalue weighted by Gasteiger charge is 2.17. The number of carboxylic acids is 1. The van der Waals surface area contributed by atoms with Crippen LogP contribution < -0.4 is 9.64 Å². The summed E-state index contributed by atoms with van der Waals surface area (Å²) in [6.07, 6.45) is 0. The normalized spacial score (nSPS) is 15.3. The summed E-state index contributed by atoms with van der Waals surface area (Å²) >= 11 is 0. The second kappa shape index (κ2) is 7.36. The van der Waals surface area contributed by atoms with Gasteiger partial charge in [0.15, 0.2) is 0 Å². The lowest BCUT2D eigenvalue weighted by atomic mass is 10.1. The third-order valence-electron chi connectivity index (χ3n) is 4.42. The van der Waals surface area contributed by atoms with Crippen molar-refractivity contribution >= 4 is 11.7 Å². The molecule has 0 unspecified atom stereocenters. The van der Waals surface area contributed by atoms with E-state index < -0.39 is 5.97 Å². The third kappa shape index (κ3) is 3.86. The molecule has 0 radical (unpaired) electrons. The number of methoxy groups -OCH3 is 1. The number of anilines is 1. The first-order valence-electron chi connectivity index (χ1n) is 8.09. The molecule has 1 aliphatic heterocycles. The molecule has 0 saturated carbocycles. The molecule has 0 aliphatic carbocycles. The number of benzene rings is 2.